The summed E-state index contributed by atoms with van der Waals surface area (Å²) in [5.41, 5.74) is 5.63. The third-order valence-corrected chi connectivity index (χ3v) is 3.69. The molecule has 0 atom stereocenters. The molecule has 0 aliphatic rings. The Labute approximate surface area is 142 Å². The van der Waals surface area contributed by atoms with Crippen LogP contribution in [-0.4, -0.2) is 0 Å². The molecule has 0 unspecified atom stereocenters. The van der Waals surface area contributed by atoms with Crippen molar-refractivity contribution in [1.82, 2.24) is 0 Å². The highest BCUT2D eigenvalue weighted by atomic mass is 15.1. The predicted molar refractivity (Wildman–Crippen MR) is 102 cm³/mol. The topological polar surface area (TPSA) is 3.24 Å². The lowest BCUT2D eigenvalue weighted by molar-refractivity contribution is 1.08. The smallest absolute Gasteiger partial charge is 0.0970 e. The number of rotatable bonds is 7. The monoisotopic (exact) mass is 305 g/mol. The van der Waals surface area contributed by atoms with Crippen molar-refractivity contribution in [3.8, 4) is 0 Å². The first kappa shape index (κ1) is 18.6. The minimum absolute atomic E-state index is 0.957. The molecule has 1 aromatic carbocycles. The summed E-state index contributed by atoms with van der Waals surface area (Å²) in [7, 11) is 0. The molecule has 0 saturated carbocycles. The summed E-state index contributed by atoms with van der Waals surface area (Å²) in [6.45, 7) is 14.5. The van der Waals surface area contributed by atoms with E-state index in [9.17, 15) is 0 Å². The quantitative estimate of drug-likeness (QED) is 0.528. The lowest BCUT2D eigenvalue weighted by Gasteiger charge is -2.25. The Morgan fingerprint density at radius 1 is 1.26 bits per heavy atom. The number of nitrogens with zero attached hydrogens (tertiary/aromatic N) is 1. The summed E-state index contributed by atoms with van der Waals surface area (Å²) in [6, 6.07) is 12.1. The van der Waals surface area contributed by atoms with Crippen molar-refractivity contribution in [1.29, 1.82) is 0 Å². The Hall–Kier alpha value is -2.46. The Bertz CT molecular complexity index is 627. The fourth-order valence-electron chi connectivity index (χ4n) is 1.99. The van der Waals surface area contributed by atoms with Crippen molar-refractivity contribution < 1.29 is 0 Å². The molecule has 0 N–H and O–H groups in total. The van der Waals surface area contributed by atoms with Crippen LogP contribution in [0.1, 0.15) is 41.0 Å². The highest BCUT2D eigenvalue weighted by molar-refractivity contribution is 5.59. The molecule has 0 heterocycles. The van der Waals surface area contributed by atoms with Gasteiger partial charge >= 0.3 is 0 Å². The molecule has 0 aliphatic carbocycles. The molecule has 1 rings (SSSR count). The highest BCUT2D eigenvalue weighted by Crippen LogP contribution is 2.24. The molecule has 23 heavy (non-hydrogen) atoms. The SMILES string of the molecule is C=C/C(=C\C(C)=C/C)N(/C(C)=C/C=C(\C)CC)c1c#cccc1. The predicted octanol–water partition coefficient (Wildman–Crippen LogP) is 6.39. The van der Waals surface area contributed by atoms with Crippen molar-refractivity contribution in [3.05, 3.63) is 89.8 Å². The van der Waals surface area contributed by atoms with Gasteiger partial charge in [0.15, 0.2) is 0 Å². The third-order valence-electron chi connectivity index (χ3n) is 3.69. The molecule has 120 valence electrons. The number of hydrogen-bond donors (Lipinski definition) is 0. The van der Waals surface area contributed by atoms with Gasteiger partial charge in [0, 0.05) is 11.4 Å². The summed E-state index contributed by atoms with van der Waals surface area (Å²) >= 11 is 0. The van der Waals surface area contributed by atoms with E-state index in [-0.39, 0.29) is 0 Å². The van der Waals surface area contributed by atoms with Crippen molar-refractivity contribution in [2.45, 2.75) is 41.0 Å². The van der Waals surface area contributed by atoms with Gasteiger partial charge in [-0.3, -0.25) is 0 Å². The number of hydrogen-bond acceptors (Lipinski definition) is 1. The second-order valence-corrected chi connectivity index (χ2v) is 5.50. The van der Waals surface area contributed by atoms with Crippen LogP contribution in [0.2, 0.25) is 0 Å². The first-order valence-corrected chi connectivity index (χ1v) is 8.03. The Morgan fingerprint density at radius 3 is 2.52 bits per heavy atom. The summed E-state index contributed by atoms with van der Waals surface area (Å²) < 4.78 is 0. The summed E-state index contributed by atoms with van der Waals surface area (Å²) in [6.07, 6.45) is 11.4. The standard InChI is InChI=1S/C22H27N/c1-7-18(4)15-16-20(6)23(22-13-11-10-12-14-22)21(9-3)17-19(5)8-2/h8-11,13,15-17H,3,7H2,1-2,4-6H3/b18-15+,19-8-,20-16+,21-17+. The van der Waals surface area contributed by atoms with E-state index >= 15 is 0 Å². The van der Waals surface area contributed by atoms with Gasteiger partial charge in [0.05, 0.1) is 5.69 Å². The molecular weight excluding hydrogens is 278 g/mol. The Kier molecular flexibility index (Phi) is 7.71. The molecule has 0 aliphatic heterocycles. The Balaban J connectivity index is 3.38. The van der Waals surface area contributed by atoms with E-state index in [1.807, 2.05) is 31.2 Å². The second-order valence-electron chi connectivity index (χ2n) is 5.50. The van der Waals surface area contributed by atoms with E-state index < -0.39 is 0 Å². The molecule has 0 bridgehead atoms. The summed E-state index contributed by atoms with van der Waals surface area (Å²) in [5, 5.41) is 0. The number of allylic oxidation sites excluding steroid dienone is 8. The molecule has 0 saturated heterocycles. The van der Waals surface area contributed by atoms with Crippen LogP contribution in [0.4, 0.5) is 5.69 Å². The van der Waals surface area contributed by atoms with Gasteiger partial charge in [-0.25, -0.2) is 0 Å². The highest BCUT2D eigenvalue weighted by Gasteiger charge is 2.11. The molecule has 0 fully saturated rings. The minimum Gasteiger partial charge on any atom is -0.307 e. The number of anilines is 1. The van der Waals surface area contributed by atoms with E-state index in [4.69, 9.17) is 0 Å². The van der Waals surface area contributed by atoms with E-state index in [2.05, 4.69) is 75.6 Å². The van der Waals surface area contributed by atoms with Gasteiger partial charge in [0.2, 0.25) is 0 Å². The molecule has 0 radical (unpaired) electrons. The van der Waals surface area contributed by atoms with Gasteiger partial charge in [-0.05, 0) is 70.5 Å². The maximum atomic E-state index is 3.98. The molecule has 0 spiro atoms. The first-order chi connectivity index (χ1) is 11.0. The fraction of sp³-hybridized carbons (Fsp3) is 0.273. The van der Waals surface area contributed by atoms with E-state index in [1.54, 1.807) is 0 Å². The van der Waals surface area contributed by atoms with Gasteiger partial charge < -0.3 is 4.90 Å². The van der Waals surface area contributed by atoms with Gasteiger partial charge in [-0.1, -0.05) is 48.9 Å². The van der Waals surface area contributed by atoms with E-state index in [1.165, 1.54) is 11.1 Å². The largest absolute Gasteiger partial charge is 0.307 e. The maximum Gasteiger partial charge on any atom is 0.0970 e. The van der Waals surface area contributed by atoms with Crippen LogP contribution in [0.5, 0.6) is 0 Å². The van der Waals surface area contributed by atoms with Crippen molar-refractivity contribution in [2.75, 3.05) is 4.90 Å². The average molecular weight is 305 g/mol. The van der Waals surface area contributed by atoms with Crippen molar-refractivity contribution in [3.63, 3.8) is 0 Å². The maximum absolute atomic E-state index is 3.98. The first-order valence-electron chi connectivity index (χ1n) is 8.03. The lowest BCUT2D eigenvalue weighted by Crippen LogP contribution is -2.19. The molecule has 1 heteroatoms. The van der Waals surface area contributed by atoms with Crippen LogP contribution in [0.3, 0.4) is 0 Å². The van der Waals surface area contributed by atoms with Crippen LogP contribution in [0.15, 0.2) is 77.7 Å². The van der Waals surface area contributed by atoms with Crippen LogP contribution in [0.25, 0.3) is 0 Å². The second kappa shape index (κ2) is 9.54. The molecule has 0 aromatic heterocycles. The zero-order valence-electron chi connectivity index (χ0n) is 15.0. The van der Waals surface area contributed by atoms with Gasteiger partial charge in [0.1, 0.15) is 0 Å². The third kappa shape index (κ3) is 5.68. The van der Waals surface area contributed by atoms with Crippen LogP contribution < -0.4 is 4.90 Å². The van der Waals surface area contributed by atoms with Crippen LogP contribution in [-0.2, 0) is 0 Å². The van der Waals surface area contributed by atoms with Crippen molar-refractivity contribution in [2.24, 2.45) is 0 Å². The minimum atomic E-state index is 0.957. The van der Waals surface area contributed by atoms with Gasteiger partial charge in [-0.15, -0.1) is 0 Å². The van der Waals surface area contributed by atoms with Gasteiger partial charge in [0.25, 0.3) is 0 Å². The average Bonchev–Trinajstić information content (AvgIpc) is 2.59. The van der Waals surface area contributed by atoms with Gasteiger partial charge in [-0.2, -0.15) is 0 Å². The fourth-order valence-corrected chi connectivity index (χ4v) is 1.99. The zero-order valence-corrected chi connectivity index (χ0v) is 15.0. The molecular formula is C22H27N. The lowest BCUT2D eigenvalue weighted by atomic mass is 10.1. The zero-order chi connectivity index (χ0) is 17.2. The normalized spacial score (nSPS) is 13.6. The van der Waals surface area contributed by atoms with Crippen molar-refractivity contribution >= 4 is 5.69 Å². The molecule has 1 nitrogen and oxygen atoms in total. The summed E-state index contributed by atoms with van der Waals surface area (Å²) in [4.78, 5) is 2.15. The van der Waals surface area contributed by atoms with Crippen LogP contribution in [0, 0.1) is 12.1 Å². The van der Waals surface area contributed by atoms with E-state index in [0.29, 0.717) is 0 Å². The van der Waals surface area contributed by atoms with Crippen LogP contribution >= 0.6 is 0 Å². The summed E-state index contributed by atoms with van der Waals surface area (Å²) in [5.74, 6) is 0. The van der Waals surface area contributed by atoms with E-state index in [0.717, 1.165) is 23.5 Å². The molecule has 0 amide bonds. The Morgan fingerprint density at radius 2 is 2.00 bits per heavy atom. The molecule has 1 aromatic rings.